The molecule has 0 saturated carbocycles. The molecule has 0 aliphatic carbocycles. The molecule has 0 N–H and O–H groups in total. The van der Waals surface area contributed by atoms with Gasteiger partial charge in [-0.2, -0.15) is 9.40 Å². The molecule has 30 heavy (non-hydrogen) atoms. The Morgan fingerprint density at radius 2 is 1.87 bits per heavy atom. The van der Waals surface area contributed by atoms with Crippen molar-refractivity contribution in [2.45, 2.75) is 25.2 Å². The van der Waals surface area contributed by atoms with Crippen molar-refractivity contribution < 1.29 is 17.7 Å². The minimum Gasteiger partial charge on any atom is -0.360 e. The van der Waals surface area contributed by atoms with Crippen LogP contribution in [0, 0.1) is 13.8 Å². The number of para-hydroxylation sites is 1. The third-order valence-electron chi connectivity index (χ3n) is 5.19. The van der Waals surface area contributed by atoms with Crippen LogP contribution < -0.4 is 0 Å². The Kier molecular flexibility index (Phi) is 5.44. The quantitative estimate of drug-likeness (QED) is 0.629. The molecule has 1 aliphatic heterocycles. The van der Waals surface area contributed by atoms with Gasteiger partial charge in [-0.15, -0.1) is 0 Å². The van der Waals surface area contributed by atoms with Crippen LogP contribution in [0.4, 0.5) is 0 Å². The summed E-state index contributed by atoms with van der Waals surface area (Å²) in [5, 5.41) is 7.99. The normalized spacial score (nSPS) is 15.9. The highest BCUT2D eigenvalue weighted by Gasteiger charge is 2.33. The fourth-order valence-corrected chi connectivity index (χ4v) is 5.51. The minimum absolute atomic E-state index is 0.117. The van der Waals surface area contributed by atoms with Crippen molar-refractivity contribution in [2.75, 3.05) is 26.2 Å². The summed E-state index contributed by atoms with van der Waals surface area (Å²) in [4.78, 5) is 15.1. The Labute approximate surface area is 174 Å². The molecule has 0 unspecified atom stereocenters. The third-order valence-corrected chi connectivity index (χ3v) is 7.34. The first kappa shape index (κ1) is 20.3. The van der Waals surface area contributed by atoms with E-state index in [1.165, 1.54) is 4.31 Å². The highest BCUT2D eigenvalue weighted by Crippen LogP contribution is 2.25. The first-order valence-corrected chi connectivity index (χ1v) is 11.1. The van der Waals surface area contributed by atoms with Crippen LogP contribution in [-0.2, 0) is 10.0 Å². The standard InChI is InChI=1S/C20H23N5O4S/c1-15-19(16(2)29-22-15)30(27,28)24-11-6-10-23(13-14-24)20(26)17-7-3-4-8-18(17)25-12-5-9-21-25/h3-5,7-9,12H,6,10-11,13-14H2,1-2H3. The lowest BCUT2D eigenvalue weighted by Crippen LogP contribution is -2.37. The van der Waals surface area contributed by atoms with Crippen LogP contribution in [0.1, 0.15) is 28.2 Å². The summed E-state index contributed by atoms with van der Waals surface area (Å²) in [6.45, 7) is 4.52. The monoisotopic (exact) mass is 429 g/mol. The third kappa shape index (κ3) is 3.63. The van der Waals surface area contributed by atoms with E-state index in [1.54, 1.807) is 48.0 Å². The van der Waals surface area contributed by atoms with E-state index in [-0.39, 0.29) is 23.1 Å². The van der Waals surface area contributed by atoms with Crippen molar-refractivity contribution in [3.05, 3.63) is 59.7 Å². The van der Waals surface area contributed by atoms with Gasteiger partial charge in [-0.3, -0.25) is 4.79 Å². The minimum atomic E-state index is -3.74. The molecule has 1 amide bonds. The zero-order valence-electron chi connectivity index (χ0n) is 16.9. The van der Waals surface area contributed by atoms with E-state index in [4.69, 9.17) is 4.52 Å². The van der Waals surface area contributed by atoms with E-state index in [0.29, 0.717) is 43.0 Å². The van der Waals surface area contributed by atoms with Gasteiger partial charge < -0.3 is 9.42 Å². The summed E-state index contributed by atoms with van der Waals surface area (Å²) >= 11 is 0. The first-order valence-electron chi connectivity index (χ1n) is 9.71. The lowest BCUT2D eigenvalue weighted by Gasteiger charge is -2.23. The first-order chi connectivity index (χ1) is 14.4. The lowest BCUT2D eigenvalue weighted by atomic mass is 10.1. The number of aryl methyl sites for hydroxylation is 2. The smallest absolute Gasteiger partial charge is 0.256 e. The highest BCUT2D eigenvalue weighted by atomic mass is 32.2. The average molecular weight is 430 g/mol. The molecule has 3 heterocycles. The predicted molar refractivity (Wildman–Crippen MR) is 109 cm³/mol. The molecule has 1 aromatic carbocycles. The van der Waals surface area contributed by atoms with Crippen molar-refractivity contribution >= 4 is 15.9 Å². The second-order valence-electron chi connectivity index (χ2n) is 7.17. The maximum Gasteiger partial charge on any atom is 0.256 e. The van der Waals surface area contributed by atoms with Gasteiger partial charge in [-0.05, 0) is 38.5 Å². The van der Waals surface area contributed by atoms with Crippen LogP contribution in [0.2, 0.25) is 0 Å². The molecule has 1 saturated heterocycles. The Hall–Kier alpha value is -2.98. The summed E-state index contributed by atoms with van der Waals surface area (Å²) in [6, 6.07) is 9.07. The van der Waals surface area contributed by atoms with Crippen molar-refractivity contribution in [2.24, 2.45) is 0 Å². The van der Waals surface area contributed by atoms with Gasteiger partial charge in [0.25, 0.3) is 5.91 Å². The molecule has 0 atom stereocenters. The molecule has 0 spiro atoms. The number of carbonyl (C=O) groups excluding carboxylic acids is 1. The molecular weight excluding hydrogens is 406 g/mol. The van der Waals surface area contributed by atoms with Crippen LogP contribution in [0.25, 0.3) is 5.69 Å². The van der Waals surface area contributed by atoms with E-state index in [1.807, 2.05) is 18.2 Å². The topological polar surface area (TPSA) is 102 Å². The highest BCUT2D eigenvalue weighted by molar-refractivity contribution is 7.89. The van der Waals surface area contributed by atoms with E-state index < -0.39 is 10.0 Å². The van der Waals surface area contributed by atoms with Gasteiger partial charge in [-0.1, -0.05) is 17.3 Å². The van der Waals surface area contributed by atoms with Gasteiger partial charge in [0.15, 0.2) is 5.76 Å². The number of rotatable bonds is 4. The molecule has 10 heteroatoms. The number of nitrogens with zero attached hydrogens (tertiary/aromatic N) is 5. The number of carbonyl (C=O) groups is 1. The van der Waals surface area contributed by atoms with Crippen molar-refractivity contribution in [1.82, 2.24) is 24.1 Å². The summed E-state index contributed by atoms with van der Waals surface area (Å²) in [7, 11) is -3.74. The predicted octanol–water partition coefficient (Wildman–Crippen LogP) is 2.01. The molecule has 158 valence electrons. The Morgan fingerprint density at radius 3 is 2.57 bits per heavy atom. The zero-order chi connectivity index (χ0) is 21.3. The summed E-state index contributed by atoms with van der Waals surface area (Å²) in [5.74, 6) is 0.135. The van der Waals surface area contributed by atoms with Crippen LogP contribution in [0.5, 0.6) is 0 Å². The molecule has 0 bridgehead atoms. The van der Waals surface area contributed by atoms with Gasteiger partial charge in [0.1, 0.15) is 10.6 Å². The van der Waals surface area contributed by atoms with Crippen molar-refractivity contribution in [3.63, 3.8) is 0 Å². The van der Waals surface area contributed by atoms with E-state index in [0.717, 1.165) is 0 Å². The number of hydrogen-bond donors (Lipinski definition) is 0. The van der Waals surface area contributed by atoms with Crippen molar-refractivity contribution in [3.8, 4) is 5.69 Å². The largest absolute Gasteiger partial charge is 0.360 e. The molecule has 1 aliphatic rings. The second-order valence-corrected chi connectivity index (χ2v) is 9.05. The summed E-state index contributed by atoms with van der Waals surface area (Å²) < 4.78 is 34.3. The SMILES string of the molecule is Cc1noc(C)c1S(=O)(=O)N1CCCN(C(=O)c2ccccc2-n2cccn2)CC1. The average Bonchev–Trinajstić information content (AvgIpc) is 3.30. The Balaban J connectivity index is 1.55. The van der Waals surface area contributed by atoms with Gasteiger partial charge in [0.2, 0.25) is 10.0 Å². The maximum absolute atomic E-state index is 13.3. The maximum atomic E-state index is 13.3. The van der Waals surface area contributed by atoms with Crippen LogP contribution in [0.15, 0.2) is 52.1 Å². The molecule has 9 nitrogen and oxygen atoms in total. The fraction of sp³-hybridized carbons (Fsp3) is 0.350. The summed E-state index contributed by atoms with van der Waals surface area (Å²) in [5.41, 5.74) is 1.57. The zero-order valence-corrected chi connectivity index (χ0v) is 17.7. The fourth-order valence-electron chi connectivity index (χ4n) is 3.75. The molecule has 0 radical (unpaired) electrons. The van der Waals surface area contributed by atoms with E-state index in [2.05, 4.69) is 10.3 Å². The number of aromatic nitrogens is 3. The number of sulfonamides is 1. The number of benzene rings is 1. The molecule has 1 fully saturated rings. The van der Waals surface area contributed by atoms with Crippen LogP contribution in [-0.4, -0.2) is 64.6 Å². The van der Waals surface area contributed by atoms with E-state index in [9.17, 15) is 13.2 Å². The number of hydrogen-bond acceptors (Lipinski definition) is 6. The van der Waals surface area contributed by atoms with Crippen LogP contribution in [0.3, 0.4) is 0 Å². The van der Waals surface area contributed by atoms with E-state index >= 15 is 0 Å². The number of amides is 1. The van der Waals surface area contributed by atoms with Gasteiger partial charge in [-0.25, -0.2) is 13.1 Å². The molecular formula is C20H23N5O4S. The molecule has 4 rings (SSSR count). The molecule has 2 aromatic heterocycles. The second kappa shape index (κ2) is 8.04. The summed E-state index contributed by atoms with van der Waals surface area (Å²) in [6.07, 6.45) is 3.98. The van der Waals surface area contributed by atoms with Gasteiger partial charge in [0.05, 0.1) is 11.3 Å². The Morgan fingerprint density at radius 1 is 1.07 bits per heavy atom. The van der Waals surface area contributed by atoms with Gasteiger partial charge in [0, 0.05) is 38.6 Å². The van der Waals surface area contributed by atoms with Crippen LogP contribution >= 0.6 is 0 Å². The lowest BCUT2D eigenvalue weighted by molar-refractivity contribution is 0.0764. The van der Waals surface area contributed by atoms with Crippen molar-refractivity contribution in [1.29, 1.82) is 0 Å². The molecule has 3 aromatic rings. The Bertz CT molecular complexity index is 1130. The van der Waals surface area contributed by atoms with Gasteiger partial charge >= 0.3 is 0 Å².